The van der Waals surface area contributed by atoms with Crippen molar-refractivity contribution in [2.24, 2.45) is 0 Å². The van der Waals surface area contributed by atoms with Crippen LogP contribution in [0.15, 0.2) is 71.6 Å². The van der Waals surface area contributed by atoms with Crippen LogP contribution in [0.5, 0.6) is 0 Å². The first kappa shape index (κ1) is 21.6. The number of sulfonamides is 1. The number of nitrogens with zero attached hydrogens (tertiary/aromatic N) is 1. The van der Waals surface area contributed by atoms with Gasteiger partial charge in [0.25, 0.3) is 21.6 Å². The van der Waals surface area contributed by atoms with Crippen molar-refractivity contribution < 1.29 is 18.1 Å². The minimum absolute atomic E-state index is 0.0164. The summed E-state index contributed by atoms with van der Waals surface area (Å²) in [5, 5.41) is 14.0. The second-order valence-corrected chi connectivity index (χ2v) is 8.57. The van der Waals surface area contributed by atoms with Crippen molar-refractivity contribution >= 4 is 56.2 Å². The van der Waals surface area contributed by atoms with Crippen LogP contribution in [0.25, 0.3) is 0 Å². The topological polar surface area (TPSA) is 118 Å². The number of benzene rings is 3. The molecule has 0 aromatic heterocycles. The lowest BCUT2D eigenvalue weighted by molar-refractivity contribution is -0.384. The molecule has 2 N–H and O–H groups in total. The molecular weight excluding hydrogens is 453 g/mol. The molecule has 0 bridgehead atoms. The fraction of sp³-hybridized carbons (Fsp3) is 0. The van der Waals surface area contributed by atoms with Gasteiger partial charge in [-0.05, 0) is 48.5 Å². The van der Waals surface area contributed by atoms with Gasteiger partial charge in [-0.25, -0.2) is 8.42 Å². The quantitative estimate of drug-likeness (QED) is 0.394. The highest BCUT2D eigenvalue weighted by atomic mass is 35.5. The molecule has 0 aliphatic heterocycles. The van der Waals surface area contributed by atoms with E-state index in [1.807, 2.05) is 0 Å². The van der Waals surface area contributed by atoms with Gasteiger partial charge in [0.15, 0.2) is 0 Å². The number of anilines is 2. The third-order valence-corrected chi connectivity index (χ3v) is 5.78. The van der Waals surface area contributed by atoms with Crippen LogP contribution in [-0.4, -0.2) is 19.2 Å². The molecule has 0 saturated heterocycles. The fourth-order valence-corrected chi connectivity index (χ4v) is 3.88. The van der Waals surface area contributed by atoms with E-state index in [1.165, 1.54) is 66.7 Å². The number of halogens is 2. The first-order valence-electron chi connectivity index (χ1n) is 8.29. The molecule has 0 fully saturated rings. The molecule has 0 saturated carbocycles. The summed E-state index contributed by atoms with van der Waals surface area (Å²) in [4.78, 5) is 23.0. The predicted octanol–water partition coefficient (Wildman–Crippen LogP) is 4.95. The van der Waals surface area contributed by atoms with Gasteiger partial charge in [-0.3, -0.25) is 19.6 Å². The molecule has 0 aliphatic rings. The Kier molecular flexibility index (Phi) is 6.25. The Morgan fingerprint density at radius 3 is 2.27 bits per heavy atom. The van der Waals surface area contributed by atoms with Crippen LogP contribution in [0.4, 0.5) is 17.1 Å². The highest BCUT2D eigenvalue weighted by Gasteiger charge is 2.20. The van der Waals surface area contributed by atoms with Crippen LogP contribution in [0, 0.1) is 10.1 Å². The lowest BCUT2D eigenvalue weighted by Gasteiger charge is -2.13. The number of nitro benzene ring substituents is 1. The van der Waals surface area contributed by atoms with Gasteiger partial charge >= 0.3 is 0 Å². The number of amides is 1. The number of rotatable bonds is 6. The van der Waals surface area contributed by atoms with E-state index in [1.54, 1.807) is 0 Å². The average molecular weight is 466 g/mol. The molecule has 8 nitrogen and oxygen atoms in total. The number of non-ortho nitro benzene ring substituents is 1. The van der Waals surface area contributed by atoms with Crippen molar-refractivity contribution in [3.8, 4) is 0 Å². The van der Waals surface area contributed by atoms with Crippen molar-refractivity contribution in [2.45, 2.75) is 4.90 Å². The highest BCUT2D eigenvalue weighted by Crippen LogP contribution is 2.26. The monoisotopic (exact) mass is 465 g/mol. The Labute approximate surface area is 181 Å². The molecule has 0 aliphatic carbocycles. The van der Waals surface area contributed by atoms with Gasteiger partial charge in [0.2, 0.25) is 0 Å². The second kappa shape index (κ2) is 8.70. The van der Waals surface area contributed by atoms with Gasteiger partial charge in [-0.2, -0.15) is 0 Å². The van der Waals surface area contributed by atoms with E-state index in [0.29, 0.717) is 5.02 Å². The Balaban J connectivity index is 1.91. The normalized spacial score (nSPS) is 11.0. The molecule has 0 atom stereocenters. The first-order valence-corrected chi connectivity index (χ1v) is 10.5. The third kappa shape index (κ3) is 5.07. The summed E-state index contributed by atoms with van der Waals surface area (Å²) >= 11 is 11.8. The van der Waals surface area contributed by atoms with E-state index in [4.69, 9.17) is 23.2 Å². The Bertz CT molecular complexity index is 1230. The summed E-state index contributed by atoms with van der Waals surface area (Å²) in [5.74, 6) is -0.702. The van der Waals surface area contributed by atoms with Gasteiger partial charge in [0.05, 0.1) is 21.1 Å². The molecule has 30 heavy (non-hydrogen) atoms. The van der Waals surface area contributed by atoms with Crippen LogP contribution < -0.4 is 10.0 Å². The average Bonchev–Trinajstić information content (AvgIpc) is 2.69. The number of hydrogen-bond donors (Lipinski definition) is 2. The zero-order valence-electron chi connectivity index (χ0n) is 15.0. The minimum Gasteiger partial charge on any atom is -0.322 e. The standard InChI is InChI=1S/C19H13Cl2N3O5S/c20-12-4-7-16(8-5-12)30(28,29)23-18-9-6-13(21)10-17(18)19(25)22-14-2-1-3-15(11-14)24(26)27/h1-11,23H,(H,22,25). The SMILES string of the molecule is O=C(Nc1cccc([N+](=O)[O-])c1)c1cc(Cl)ccc1NS(=O)(=O)c1ccc(Cl)cc1. The summed E-state index contributed by atoms with van der Waals surface area (Å²) in [6.07, 6.45) is 0. The molecule has 1 amide bonds. The smallest absolute Gasteiger partial charge is 0.271 e. The number of carbonyl (C=O) groups is 1. The minimum atomic E-state index is -4.01. The zero-order valence-corrected chi connectivity index (χ0v) is 17.3. The molecule has 154 valence electrons. The maximum atomic E-state index is 12.7. The lowest BCUT2D eigenvalue weighted by Crippen LogP contribution is -2.18. The van der Waals surface area contributed by atoms with E-state index in [0.717, 1.165) is 0 Å². The van der Waals surface area contributed by atoms with Crippen LogP contribution in [0.2, 0.25) is 10.0 Å². The molecule has 3 aromatic carbocycles. The van der Waals surface area contributed by atoms with Crippen molar-refractivity contribution in [1.82, 2.24) is 0 Å². The largest absolute Gasteiger partial charge is 0.322 e. The van der Waals surface area contributed by atoms with Crippen LogP contribution >= 0.6 is 23.2 Å². The van der Waals surface area contributed by atoms with Gasteiger partial charge < -0.3 is 5.32 Å². The molecule has 3 aromatic rings. The van der Waals surface area contributed by atoms with Gasteiger partial charge in [-0.1, -0.05) is 29.3 Å². The van der Waals surface area contributed by atoms with Crippen molar-refractivity contribution in [3.05, 3.63) is 92.5 Å². The predicted molar refractivity (Wildman–Crippen MR) is 115 cm³/mol. The first-order chi connectivity index (χ1) is 14.2. The number of hydrogen-bond acceptors (Lipinski definition) is 5. The lowest BCUT2D eigenvalue weighted by atomic mass is 10.1. The molecule has 0 unspecified atom stereocenters. The highest BCUT2D eigenvalue weighted by molar-refractivity contribution is 7.92. The number of carbonyl (C=O) groups excluding carboxylic acids is 1. The molecule has 0 spiro atoms. The van der Waals surface area contributed by atoms with E-state index >= 15 is 0 Å². The Hall–Kier alpha value is -3.14. The van der Waals surface area contributed by atoms with E-state index in [9.17, 15) is 23.3 Å². The summed E-state index contributed by atoms with van der Waals surface area (Å²) in [6.45, 7) is 0. The molecule has 11 heteroatoms. The zero-order chi connectivity index (χ0) is 21.9. The van der Waals surface area contributed by atoms with E-state index in [2.05, 4.69) is 10.0 Å². The van der Waals surface area contributed by atoms with Crippen LogP contribution in [0.1, 0.15) is 10.4 Å². The Morgan fingerprint density at radius 2 is 1.60 bits per heavy atom. The number of nitrogens with one attached hydrogen (secondary N) is 2. The molecule has 0 radical (unpaired) electrons. The van der Waals surface area contributed by atoms with Crippen molar-refractivity contribution in [3.63, 3.8) is 0 Å². The van der Waals surface area contributed by atoms with Gasteiger partial charge in [0.1, 0.15) is 0 Å². The maximum absolute atomic E-state index is 12.7. The maximum Gasteiger partial charge on any atom is 0.271 e. The second-order valence-electron chi connectivity index (χ2n) is 6.01. The Morgan fingerprint density at radius 1 is 0.933 bits per heavy atom. The van der Waals surface area contributed by atoms with Gasteiger partial charge in [0, 0.05) is 27.9 Å². The number of nitro groups is 1. The molecular formula is C19H13Cl2N3O5S. The summed E-state index contributed by atoms with van der Waals surface area (Å²) < 4.78 is 27.7. The summed E-state index contributed by atoms with van der Waals surface area (Å²) in [7, 11) is -4.01. The summed E-state index contributed by atoms with van der Waals surface area (Å²) in [6, 6.07) is 14.9. The third-order valence-electron chi connectivity index (χ3n) is 3.91. The van der Waals surface area contributed by atoms with Crippen molar-refractivity contribution in [1.29, 1.82) is 0 Å². The van der Waals surface area contributed by atoms with E-state index in [-0.39, 0.29) is 32.5 Å². The molecule has 0 heterocycles. The fourth-order valence-electron chi connectivity index (χ4n) is 2.51. The van der Waals surface area contributed by atoms with Crippen LogP contribution in [-0.2, 0) is 10.0 Å². The van der Waals surface area contributed by atoms with E-state index < -0.39 is 20.9 Å². The molecule has 3 rings (SSSR count). The summed E-state index contributed by atoms with van der Waals surface area (Å²) in [5.41, 5.74) is -0.118. The van der Waals surface area contributed by atoms with Crippen molar-refractivity contribution in [2.75, 3.05) is 10.0 Å². The van der Waals surface area contributed by atoms with Crippen LogP contribution in [0.3, 0.4) is 0 Å². The van der Waals surface area contributed by atoms with Gasteiger partial charge in [-0.15, -0.1) is 0 Å².